The van der Waals surface area contributed by atoms with Crippen molar-refractivity contribution < 1.29 is 14.1 Å². The first-order chi connectivity index (χ1) is 13.5. The molecule has 0 saturated carbocycles. The van der Waals surface area contributed by atoms with Gasteiger partial charge in [0, 0.05) is 25.8 Å². The number of piperidine rings is 1. The highest BCUT2D eigenvalue weighted by Crippen LogP contribution is 2.33. The predicted molar refractivity (Wildman–Crippen MR) is 99.3 cm³/mol. The standard InChI is InChI=1S/C19H22N6O3/c1-12-15-6-13(8-21-18(15)28-23-12)9-24-4-2-19(3-5-24)11-25-14(10-27-19)7-16(22-25)17(20)26/h6-8H,2-5,9-11H2,1H3,(H2,20,26). The third kappa shape index (κ3) is 2.96. The van der Waals surface area contributed by atoms with Crippen molar-refractivity contribution in [3.8, 4) is 0 Å². The molecule has 5 heterocycles. The third-order valence-electron chi connectivity index (χ3n) is 5.82. The Balaban J connectivity index is 1.25. The number of rotatable bonds is 3. The number of hydrogen-bond donors (Lipinski definition) is 1. The van der Waals surface area contributed by atoms with E-state index in [1.807, 2.05) is 17.8 Å². The largest absolute Gasteiger partial charge is 0.367 e. The number of ether oxygens (including phenoxy) is 1. The molecule has 0 aliphatic carbocycles. The van der Waals surface area contributed by atoms with Crippen LogP contribution in [0.1, 0.15) is 40.3 Å². The fraction of sp³-hybridized carbons (Fsp3) is 0.474. The molecule has 0 unspecified atom stereocenters. The molecule has 2 aliphatic heterocycles. The van der Waals surface area contributed by atoms with Crippen molar-refractivity contribution in [2.75, 3.05) is 13.1 Å². The van der Waals surface area contributed by atoms with Crippen molar-refractivity contribution >= 4 is 17.0 Å². The lowest BCUT2D eigenvalue weighted by atomic mass is 9.90. The first kappa shape index (κ1) is 17.3. The van der Waals surface area contributed by atoms with Crippen LogP contribution in [0, 0.1) is 6.92 Å². The van der Waals surface area contributed by atoms with Gasteiger partial charge in [0.1, 0.15) is 5.69 Å². The van der Waals surface area contributed by atoms with Gasteiger partial charge in [0.05, 0.1) is 35.5 Å². The summed E-state index contributed by atoms with van der Waals surface area (Å²) in [4.78, 5) is 18.1. The maximum Gasteiger partial charge on any atom is 0.269 e. The summed E-state index contributed by atoms with van der Waals surface area (Å²) < 4.78 is 13.3. The highest BCUT2D eigenvalue weighted by molar-refractivity contribution is 5.90. The Morgan fingerprint density at radius 1 is 1.32 bits per heavy atom. The van der Waals surface area contributed by atoms with Gasteiger partial charge in [-0.15, -0.1) is 0 Å². The van der Waals surface area contributed by atoms with Crippen molar-refractivity contribution in [3.05, 3.63) is 41.0 Å². The third-order valence-corrected chi connectivity index (χ3v) is 5.82. The summed E-state index contributed by atoms with van der Waals surface area (Å²) in [5.74, 6) is -0.501. The van der Waals surface area contributed by atoms with Gasteiger partial charge >= 0.3 is 0 Å². The Labute approximate surface area is 161 Å². The summed E-state index contributed by atoms with van der Waals surface area (Å²) >= 11 is 0. The zero-order valence-electron chi connectivity index (χ0n) is 15.7. The molecule has 9 heteroatoms. The minimum atomic E-state index is -0.501. The van der Waals surface area contributed by atoms with Crippen LogP contribution in [-0.2, 0) is 24.4 Å². The van der Waals surface area contributed by atoms with Gasteiger partial charge in [0.15, 0.2) is 0 Å². The molecule has 5 rings (SSSR count). The normalized spacial score (nSPS) is 19.2. The molecule has 1 amide bonds. The molecular formula is C19H22N6O3. The first-order valence-electron chi connectivity index (χ1n) is 9.45. The van der Waals surface area contributed by atoms with Gasteiger partial charge in [0.25, 0.3) is 11.6 Å². The number of nitrogens with two attached hydrogens (primary N) is 1. The fourth-order valence-corrected chi connectivity index (χ4v) is 4.13. The monoisotopic (exact) mass is 382 g/mol. The molecule has 1 spiro atoms. The first-order valence-corrected chi connectivity index (χ1v) is 9.45. The second-order valence-electron chi connectivity index (χ2n) is 7.75. The second-order valence-corrected chi connectivity index (χ2v) is 7.75. The highest BCUT2D eigenvalue weighted by atomic mass is 16.5. The van der Waals surface area contributed by atoms with E-state index in [0.29, 0.717) is 24.6 Å². The van der Waals surface area contributed by atoms with Crippen LogP contribution in [0.25, 0.3) is 11.1 Å². The molecule has 9 nitrogen and oxygen atoms in total. The topological polar surface area (TPSA) is 112 Å². The number of primary amides is 1. The zero-order chi connectivity index (χ0) is 19.3. The number of likely N-dealkylation sites (tertiary alicyclic amines) is 1. The summed E-state index contributed by atoms with van der Waals surface area (Å²) in [6.07, 6.45) is 3.69. The number of hydrogen-bond acceptors (Lipinski definition) is 7. The smallest absolute Gasteiger partial charge is 0.269 e. The number of carbonyl (C=O) groups excluding carboxylic acids is 1. The molecular weight excluding hydrogens is 360 g/mol. The van der Waals surface area contributed by atoms with Crippen LogP contribution in [-0.4, -0.2) is 49.4 Å². The van der Waals surface area contributed by atoms with E-state index in [2.05, 4.69) is 26.2 Å². The molecule has 28 heavy (non-hydrogen) atoms. The number of carbonyl (C=O) groups is 1. The van der Waals surface area contributed by atoms with Crippen LogP contribution in [0.2, 0.25) is 0 Å². The van der Waals surface area contributed by atoms with E-state index in [1.54, 1.807) is 6.07 Å². The van der Waals surface area contributed by atoms with E-state index in [9.17, 15) is 4.79 Å². The molecule has 3 aromatic rings. The number of nitrogens with zero attached hydrogens (tertiary/aromatic N) is 5. The van der Waals surface area contributed by atoms with E-state index in [0.717, 1.165) is 54.8 Å². The van der Waals surface area contributed by atoms with Crippen molar-refractivity contribution in [1.29, 1.82) is 0 Å². The van der Waals surface area contributed by atoms with Crippen LogP contribution in [0.3, 0.4) is 0 Å². The lowest BCUT2D eigenvalue weighted by Crippen LogP contribution is -2.50. The zero-order valence-corrected chi connectivity index (χ0v) is 15.7. The van der Waals surface area contributed by atoms with Crippen LogP contribution in [0.4, 0.5) is 0 Å². The molecule has 1 fully saturated rings. The van der Waals surface area contributed by atoms with Crippen molar-refractivity contribution in [3.63, 3.8) is 0 Å². The lowest BCUT2D eigenvalue weighted by Gasteiger charge is -2.43. The Morgan fingerprint density at radius 2 is 2.14 bits per heavy atom. The number of amides is 1. The highest BCUT2D eigenvalue weighted by Gasteiger charge is 2.39. The van der Waals surface area contributed by atoms with Gasteiger partial charge in [0.2, 0.25) is 0 Å². The molecule has 0 bridgehead atoms. The van der Waals surface area contributed by atoms with E-state index in [4.69, 9.17) is 15.0 Å². The fourth-order valence-electron chi connectivity index (χ4n) is 4.13. The maximum atomic E-state index is 11.4. The number of fused-ring (bicyclic) bond motifs is 2. The molecule has 0 radical (unpaired) electrons. The average Bonchev–Trinajstić information content (AvgIpc) is 3.27. The number of aromatic nitrogens is 4. The molecule has 2 aliphatic rings. The van der Waals surface area contributed by atoms with Gasteiger partial charge in [-0.25, -0.2) is 4.98 Å². The van der Waals surface area contributed by atoms with E-state index < -0.39 is 5.91 Å². The van der Waals surface area contributed by atoms with Crippen LogP contribution < -0.4 is 5.73 Å². The van der Waals surface area contributed by atoms with E-state index >= 15 is 0 Å². The van der Waals surface area contributed by atoms with Crippen LogP contribution in [0.5, 0.6) is 0 Å². The van der Waals surface area contributed by atoms with Gasteiger partial charge in [-0.1, -0.05) is 5.16 Å². The molecule has 3 aromatic heterocycles. The summed E-state index contributed by atoms with van der Waals surface area (Å²) in [6, 6.07) is 3.83. The maximum absolute atomic E-state index is 11.4. The van der Waals surface area contributed by atoms with Crippen molar-refractivity contribution in [2.24, 2.45) is 5.73 Å². The molecule has 0 aromatic carbocycles. The molecule has 1 saturated heterocycles. The lowest BCUT2D eigenvalue weighted by molar-refractivity contribution is -0.124. The van der Waals surface area contributed by atoms with E-state index in [-0.39, 0.29) is 5.60 Å². The molecule has 146 valence electrons. The minimum absolute atomic E-state index is 0.224. The number of pyridine rings is 1. The quantitative estimate of drug-likeness (QED) is 0.728. The van der Waals surface area contributed by atoms with Crippen molar-refractivity contribution in [1.82, 2.24) is 24.8 Å². The Kier molecular flexibility index (Phi) is 3.95. The second kappa shape index (κ2) is 6.39. The van der Waals surface area contributed by atoms with Crippen LogP contribution in [0.15, 0.2) is 22.9 Å². The Hall–Kier alpha value is -2.78. The summed E-state index contributed by atoms with van der Waals surface area (Å²) in [7, 11) is 0. The van der Waals surface area contributed by atoms with Gasteiger partial charge in [-0.3, -0.25) is 14.4 Å². The van der Waals surface area contributed by atoms with E-state index in [1.165, 1.54) is 0 Å². The summed E-state index contributed by atoms with van der Waals surface area (Å²) in [5, 5.41) is 9.28. The molecule has 0 atom stereocenters. The average molecular weight is 382 g/mol. The van der Waals surface area contributed by atoms with Crippen LogP contribution >= 0.6 is 0 Å². The van der Waals surface area contributed by atoms with Gasteiger partial charge in [-0.05, 0) is 37.5 Å². The van der Waals surface area contributed by atoms with Gasteiger partial charge in [-0.2, -0.15) is 5.10 Å². The molecule has 2 N–H and O–H groups in total. The minimum Gasteiger partial charge on any atom is -0.367 e. The summed E-state index contributed by atoms with van der Waals surface area (Å²) in [5.41, 5.74) is 8.94. The van der Waals surface area contributed by atoms with Crippen molar-refractivity contribution in [2.45, 2.75) is 45.1 Å². The Morgan fingerprint density at radius 3 is 2.93 bits per heavy atom. The summed E-state index contributed by atoms with van der Waals surface area (Å²) in [6.45, 7) is 5.75. The van der Waals surface area contributed by atoms with Gasteiger partial charge < -0.3 is 15.0 Å². The SMILES string of the molecule is Cc1noc2ncc(CN3CCC4(CC3)Cn3nc(C(N)=O)cc3CO4)cc12. The predicted octanol–water partition coefficient (Wildman–Crippen LogP) is 1.39. The number of aryl methyl sites for hydroxylation is 1. The Bertz CT molecular complexity index is 1050.